The Morgan fingerprint density at radius 1 is 1.31 bits per heavy atom. The fourth-order valence-corrected chi connectivity index (χ4v) is 3.62. The minimum atomic E-state index is 0.235. The van der Waals surface area contributed by atoms with Crippen LogP contribution in [0.4, 0.5) is 0 Å². The topological polar surface area (TPSA) is 20.2 Å². The van der Waals surface area contributed by atoms with Crippen molar-refractivity contribution in [1.29, 1.82) is 0 Å². The first-order valence-electron chi connectivity index (χ1n) is 6.42. The first-order chi connectivity index (χ1) is 7.45. The normalized spacial score (nSPS) is 38.3. The highest BCUT2D eigenvalue weighted by Crippen LogP contribution is 2.57. The van der Waals surface area contributed by atoms with Gasteiger partial charge in [-0.2, -0.15) is 0 Å². The van der Waals surface area contributed by atoms with E-state index in [9.17, 15) is 5.11 Å². The molecule has 0 spiro atoms. The van der Waals surface area contributed by atoms with Gasteiger partial charge in [-0.05, 0) is 42.9 Å². The van der Waals surface area contributed by atoms with E-state index in [0.717, 1.165) is 18.8 Å². The van der Waals surface area contributed by atoms with Crippen LogP contribution in [0, 0.1) is 23.2 Å². The molecule has 0 radical (unpaired) electrons. The molecular weight excluding hydrogens is 196 g/mol. The van der Waals surface area contributed by atoms with Crippen molar-refractivity contribution in [2.45, 2.75) is 39.5 Å². The van der Waals surface area contributed by atoms with Gasteiger partial charge in [-0.15, -0.1) is 0 Å². The second kappa shape index (κ2) is 4.03. The lowest BCUT2D eigenvalue weighted by Crippen LogP contribution is -2.45. The number of aliphatic hydroxyl groups excluding tert-OH is 1. The van der Waals surface area contributed by atoms with Gasteiger partial charge in [-0.25, -0.2) is 0 Å². The van der Waals surface area contributed by atoms with Crippen molar-refractivity contribution in [2.24, 2.45) is 23.2 Å². The lowest BCUT2D eigenvalue weighted by molar-refractivity contribution is -0.00195. The molecule has 2 aliphatic carbocycles. The lowest BCUT2D eigenvalue weighted by atomic mass is 9.51. The molecule has 2 rings (SSSR count). The quantitative estimate of drug-likeness (QED) is 0.670. The Balaban J connectivity index is 2.12. The summed E-state index contributed by atoms with van der Waals surface area (Å²) in [6.07, 6.45) is 4.54. The van der Waals surface area contributed by atoms with Gasteiger partial charge < -0.3 is 5.11 Å². The van der Waals surface area contributed by atoms with Crippen molar-refractivity contribution in [3.8, 4) is 0 Å². The molecular formula is C15H24O. The third kappa shape index (κ3) is 1.86. The van der Waals surface area contributed by atoms with Gasteiger partial charge in [-0.3, -0.25) is 0 Å². The molecule has 3 unspecified atom stereocenters. The molecule has 3 atom stereocenters. The highest BCUT2D eigenvalue weighted by Gasteiger charge is 2.48. The summed E-state index contributed by atoms with van der Waals surface area (Å²) in [5, 5.41) is 9.37. The predicted octanol–water partition coefficient (Wildman–Crippen LogP) is 3.55. The fourth-order valence-electron chi connectivity index (χ4n) is 3.62. The van der Waals surface area contributed by atoms with E-state index in [1.54, 1.807) is 0 Å². The van der Waals surface area contributed by atoms with Crippen LogP contribution in [0.3, 0.4) is 0 Å². The van der Waals surface area contributed by atoms with Crippen molar-refractivity contribution in [2.75, 3.05) is 6.61 Å². The molecule has 0 aromatic heterocycles. The summed E-state index contributed by atoms with van der Waals surface area (Å²) in [6, 6.07) is 0. The number of hydrogen-bond donors (Lipinski definition) is 1. The Hall–Kier alpha value is -0.560. The number of aliphatic hydroxyl groups is 1. The summed E-state index contributed by atoms with van der Waals surface area (Å²) in [6.45, 7) is 13.4. The highest BCUT2D eigenvalue weighted by atomic mass is 16.3. The van der Waals surface area contributed by atoms with E-state index in [1.165, 1.54) is 24.0 Å². The van der Waals surface area contributed by atoms with Gasteiger partial charge in [0.25, 0.3) is 0 Å². The molecule has 0 bridgehead atoms. The highest BCUT2D eigenvalue weighted by molar-refractivity contribution is 5.19. The fraction of sp³-hybridized carbons (Fsp3) is 0.733. The van der Waals surface area contributed by atoms with Crippen LogP contribution >= 0.6 is 0 Å². The summed E-state index contributed by atoms with van der Waals surface area (Å²) in [7, 11) is 0. The molecule has 0 saturated heterocycles. The predicted molar refractivity (Wildman–Crippen MR) is 68.1 cm³/mol. The molecule has 90 valence electrons. The van der Waals surface area contributed by atoms with Gasteiger partial charge in [0.05, 0.1) is 0 Å². The van der Waals surface area contributed by atoms with Crippen molar-refractivity contribution in [3.05, 3.63) is 24.3 Å². The first kappa shape index (κ1) is 11.9. The van der Waals surface area contributed by atoms with Crippen LogP contribution in [0.25, 0.3) is 0 Å². The molecule has 0 aliphatic heterocycles. The zero-order valence-electron chi connectivity index (χ0n) is 10.6. The summed E-state index contributed by atoms with van der Waals surface area (Å²) in [4.78, 5) is 0. The van der Waals surface area contributed by atoms with Crippen LogP contribution < -0.4 is 0 Å². The SMILES string of the molecule is C=C1CCC2C(CC2(C)C)C(=C)CC1CO. The largest absolute Gasteiger partial charge is 0.396 e. The molecule has 1 heteroatoms. The summed E-state index contributed by atoms with van der Waals surface area (Å²) >= 11 is 0. The molecule has 2 aliphatic rings. The zero-order valence-corrected chi connectivity index (χ0v) is 10.6. The minimum Gasteiger partial charge on any atom is -0.396 e. The van der Waals surface area contributed by atoms with Crippen molar-refractivity contribution in [3.63, 3.8) is 0 Å². The third-order valence-electron chi connectivity index (χ3n) is 4.84. The van der Waals surface area contributed by atoms with Crippen LogP contribution in [0.1, 0.15) is 39.5 Å². The Kier molecular flexibility index (Phi) is 3.00. The van der Waals surface area contributed by atoms with E-state index < -0.39 is 0 Å². The number of rotatable bonds is 1. The number of allylic oxidation sites excluding steroid dienone is 1. The van der Waals surface area contributed by atoms with Crippen LogP contribution in [0.15, 0.2) is 24.3 Å². The van der Waals surface area contributed by atoms with Crippen molar-refractivity contribution >= 4 is 0 Å². The Morgan fingerprint density at radius 2 is 2.00 bits per heavy atom. The molecule has 0 aromatic carbocycles. The van der Waals surface area contributed by atoms with E-state index in [2.05, 4.69) is 27.0 Å². The summed E-state index contributed by atoms with van der Waals surface area (Å²) in [5.74, 6) is 1.76. The average Bonchev–Trinajstić information content (AvgIpc) is 2.21. The maximum Gasteiger partial charge on any atom is 0.0499 e. The summed E-state index contributed by atoms with van der Waals surface area (Å²) in [5.41, 5.74) is 3.06. The van der Waals surface area contributed by atoms with Crippen LogP contribution in [-0.4, -0.2) is 11.7 Å². The maximum atomic E-state index is 9.37. The number of fused-ring (bicyclic) bond motifs is 1. The molecule has 0 amide bonds. The molecule has 16 heavy (non-hydrogen) atoms. The van der Waals surface area contributed by atoms with Gasteiger partial charge in [0, 0.05) is 12.5 Å². The van der Waals surface area contributed by atoms with E-state index in [1.807, 2.05) is 0 Å². The van der Waals surface area contributed by atoms with Gasteiger partial charge in [0.2, 0.25) is 0 Å². The smallest absolute Gasteiger partial charge is 0.0499 e. The second-order valence-corrected chi connectivity index (χ2v) is 6.34. The zero-order chi connectivity index (χ0) is 11.9. The van der Waals surface area contributed by atoms with Gasteiger partial charge in [0.15, 0.2) is 0 Å². The molecule has 0 aromatic rings. The first-order valence-corrected chi connectivity index (χ1v) is 6.42. The molecule has 2 saturated carbocycles. The van der Waals surface area contributed by atoms with E-state index in [4.69, 9.17) is 0 Å². The van der Waals surface area contributed by atoms with Crippen LogP contribution in [0.2, 0.25) is 0 Å². The van der Waals surface area contributed by atoms with Gasteiger partial charge >= 0.3 is 0 Å². The molecule has 0 heterocycles. The van der Waals surface area contributed by atoms with E-state index >= 15 is 0 Å². The molecule has 1 nitrogen and oxygen atoms in total. The van der Waals surface area contributed by atoms with Crippen LogP contribution in [0.5, 0.6) is 0 Å². The lowest BCUT2D eigenvalue weighted by Gasteiger charge is -2.54. The van der Waals surface area contributed by atoms with Crippen molar-refractivity contribution < 1.29 is 5.11 Å². The molecule has 1 N–H and O–H groups in total. The Labute approximate surface area is 99.3 Å². The molecule has 2 fully saturated rings. The van der Waals surface area contributed by atoms with E-state index in [0.29, 0.717) is 11.3 Å². The number of hydrogen-bond acceptors (Lipinski definition) is 1. The maximum absolute atomic E-state index is 9.37. The van der Waals surface area contributed by atoms with E-state index in [-0.39, 0.29) is 12.5 Å². The monoisotopic (exact) mass is 220 g/mol. The third-order valence-corrected chi connectivity index (χ3v) is 4.84. The minimum absolute atomic E-state index is 0.235. The van der Waals surface area contributed by atoms with Gasteiger partial charge in [-0.1, -0.05) is 38.2 Å². The summed E-state index contributed by atoms with van der Waals surface area (Å²) < 4.78 is 0. The van der Waals surface area contributed by atoms with Crippen molar-refractivity contribution in [1.82, 2.24) is 0 Å². The Bertz CT molecular complexity index is 313. The Morgan fingerprint density at radius 3 is 2.56 bits per heavy atom. The average molecular weight is 220 g/mol. The van der Waals surface area contributed by atoms with Gasteiger partial charge in [0.1, 0.15) is 0 Å². The standard InChI is InChI=1S/C15H24O/c1-10-5-6-14-13(8-15(14,3)4)11(2)7-12(10)9-16/h12-14,16H,1-2,5-9H2,3-4H3. The van der Waals surface area contributed by atoms with Crippen LogP contribution in [-0.2, 0) is 0 Å². The second-order valence-electron chi connectivity index (χ2n) is 6.34.